The fourth-order valence-corrected chi connectivity index (χ4v) is 1.45. The van der Waals surface area contributed by atoms with Gasteiger partial charge in [-0.3, -0.25) is 15.2 Å². The lowest BCUT2D eigenvalue weighted by atomic mass is 10.2. The van der Waals surface area contributed by atoms with Gasteiger partial charge in [0.15, 0.2) is 6.29 Å². The van der Waals surface area contributed by atoms with E-state index in [0.717, 1.165) is 0 Å². The van der Waals surface area contributed by atoms with Crippen molar-refractivity contribution in [2.24, 2.45) is 0 Å². The molecule has 0 spiro atoms. The molecule has 0 aromatic carbocycles. The number of nitrogens with one attached hydrogen (secondary N) is 2. The zero-order valence-electron chi connectivity index (χ0n) is 13.8. The van der Waals surface area contributed by atoms with Crippen molar-refractivity contribution in [2.75, 3.05) is 0 Å². The van der Waals surface area contributed by atoms with Crippen LogP contribution in [0.25, 0.3) is 0 Å². The summed E-state index contributed by atoms with van der Waals surface area (Å²) in [6.07, 6.45) is 2.39. The number of carbonyl (C=O) groups excluding carboxylic acids is 2. The Morgan fingerprint density at radius 3 is 1.77 bits per heavy atom. The van der Waals surface area contributed by atoms with Gasteiger partial charge in [0.05, 0.1) is 6.33 Å². The van der Waals surface area contributed by atoms with Crippen LogP contribution >= 0.6 is 0 Å². The Morgan fingerprint density at radius 1 is 1.00 bits per heavy atom. The second kappa shape index (κ2) is 6.67. The van der Waals surface area contributed by atoms with Crippen molar-refractivity contribution < 1.29 is 19.1 Å². The first kappa shape index (κ1) is 17.8. The van der Waals surface area contributed by atoms with Crippen molar-refractivity contribution in [3.8, 4) is 0 Å². The van der Waals surface area contributed by atoms with Crippen molar-refractivity contribution in [2.45, 2.75) is 59.0 Å². The van der Waals surface area contributed by atoms with E-state index >= 15 is 0 Å². The SMILES string of the molecule is CC(C)(C)OC(=O)NC(NC(=O)OC(C)(C)C)n1ccnc1. The van der Waals surface area contributed by atoms with E-state index in [0.29, 0.717) is 0 Å². The van der Waals surface area contributed by atoms with Gasteiger partial charge < -0.3 is 9.47 Å². The zero-order valence-corrected chi connectivity index (χ0v) is 13.8. The largest absolute Gasteiger partial charge is 0.444 e. The first-order valence-electron chi connectivity index (χ1n) is 6.93. The molecule has 22 heavy (non-hydrogen) atoms. The third-order valence-electron chi connectivity index (χ3n) is 2.13. The monoisotopic (exact) mass is 312 g/mol. The van der Waals surface area contributed by atoms with Gasteiger partial charge in [-0.05, 0) is 41.5 Å². The molecule has 0 fully saturated rings. The molecule has 0 aliphatic carbocycles. The Balaban J connectivity index is 2.74. The van der Waals surface area contributed by atoms with Crippen molar-refractivity contribution in [3.05, 3.63) is 18.7 Å². The Hall–Kier alpha value is -2.25. The first-order chi connectivity index (χ1) is 9.96. The quantitative estimate of drug-likeness (QED) is 0.836. The Morgan fingerprint density at radius 2 is 1.45 bits per heavy atom. The molecule has 1 aromatic rings. The van der Waals surface area contributed by atoms with Gasteiger partial charge in [0, 0.05) is 12.4 Å². The standard InChI is InChI=1S/C14H24N4O4/c1-13(2,3)21-11(19)16-10(18-8-7-15-9-18)17-12(20)22-14(4,5)6/h7-10H,1-6H3,(H,16,19)(H,17,20). The number of hydrogen-bond acceptors (Lipinski definition) is 5. The highest BCUT2D eigenvalue weighted by atomic mass is 16.6. The number of imidazole rings is 1. The number of amides is 2. The van der Waals surface area contributed by atoms with E-state index in [1.54, 1.807) is 47.7 Å². The third-order valence-corrected chi connectivity index (χ3v) is 2.13. The number of nitrogens with zero attached hydrogens (tertiary/aromatic N) is 2. The molecule has 0 aliphatic heterocycles. The normalized spacial score (nSPS) is 12.0. The average Bonchev–Trinajstić information content (AvgIpc) is 2.75. The number of rotatable bonds is 3. The topological polar surface area (TPSA) is 94.5 Å². The van der Waals surface area contributed by atoms with Gasteiger partial charge in [0.1, 0.15) is 11.2 Å². The molecule has 0 saturated heterocycles. The van der Waals surface area contributed by atoms with Gasteiger partial charge in [-0.1, -0.05) is 0 Å². The predicted octanol–water partition coefficient (Wildman–Crippen LogP) is 2.39. The molecule has 1 aromatic heterocycles. The van der Waals surface area contributed by atoms with Crippen molar-refractivity contribution in [1.29, 1.82) is 0 Å². The van der Waals surface area contributed by atoms with Crippen molar-refractivity contribution in [1.82, 2.24) is 20.2 Å². The maximum absolute atomic E-state index is 11.9. The van der Waals surface area contributed by atoms with Crippen LogP contribution in [0.4, 0.5) is 9.59 Å². The summed E-state index contributed by atoms with van der Waals surface area (Å²) in [6, 6.07) is 0. The fraction of sp³-hybridized carbons (Fsp3) is 0.643. The van der Waals surface area contributed by atoms with E-state index in [4.69, 9.17) is 9.47 Å². The van der Waals surface area contributed by atoms with E-state index < -0.39 is 29.7 Å². The first-order valence-corrected chi connectivity index (χ1v) is 6.93. The molecule has 8 heteroatoms. The Labute approximate surface area is 130 Å². The highest BCUT2D eigenvalue weighted by molar-refractivity contribution is 5.71. The van der Waals surface area contributed by atoms with Gasteiger partial charge in [-0.15, -0.1) is 0 Å². The molecule has 124 valence electrons. The van der Waals surface area contributed by atoms with E-state index in [-0.39, 0.29) is 0 Å². The summed E-state index contributed by atoms with van der Waals surface area (Å²) in [7, 11) is 0. The number of hydrogen-bond donors (Lipinski definition) is 2. The van der Waals surface area contributed by atoms with Crippen LogP contribution in [0.2, 0.25) is 0 Å². The average molecular weight is 312 g/mol. The summed E-state index contributed by atoms with van der Waals surface area (Å²) in [5.74, 6) is 0. The van der Waals surface area contributed by atoms with Crippen LogP contribution in [0.5, 0.6) is 0 Å². The highest BCUT2D eigenvalue weighted by Crippen LogP contribution is 2.10. The molecule has 1 rings (SSSR count). The second-order valence-electron chi connectivity index (χ2n) is 6.70. The molecule has 0 bridgehead atoms. The summed E-state index contributed by atoms with van der Waals surface area (Å²) in [5, 5.41) is 5.08. The van der Waals surface area contributed by atoms with E-state index in [1.807, 2.05) is 0 Å². The van der Waals surface area contributed by atoms with E-state index in [2.05, 4.69) is 15.6 Å². The van der Waals surface area contributed by atoms with Crippen LogP contribution in [-0.4, -0.2) is 32.9 Å². The number of carbonyl (C=O) groups is 2. The van der Waals surface area contributed by atoms with Crippen LogP contribution in [0, 0.1) is 0 Å². The molecule has 2 N–H and O–H groups in total. The molecule has 1 heterocycles. The smallest absolute Gasteiger partial charge is 0.410 e. The van der Waals surface area contributed by atoms with Gasteiger partial charge in [0.25, 0.3) is 0 Å². The van der Waals surface area contributed by atoms with Gasteiger partial charge in [-0.2, -0.15) is 0 Å². The van der Waals surface area contributed by atoms with Crippen LogP contribution in [0.15, 0.2) is 18.7 Å². The molecule has 2 amide bonds. The minimum Gasteiger partial charge on any atom is -0.444 e. The molecule has 0 unspecified atom stereocenters. The third kappa shape index (κ3) is 6.96. The van der Waals surface area contributed by atoms with Crippen molar-refractivity contribution in [3.63, 3.8) is 0 Å². The minimum absolute atomic E-state index is 0.643. The lowest BCUT2D eigenvalue weighted by Gasteiger charge is -2.26. The van der Waals surface area contributed by atoms with Gasteiger partial charge in [-0.25, -0.2) is 14.6 Å². The second-order valence-corrected chi connectivity index (χ2v) is 6.70. The number of aromatic nitrogens is 2. The summed E-state index contributed by atoms with van der Waals surface area (Å²) < 4.78 is 11.9. The summed E-state index contributed by atoms with van der Waals surface area (Å²) in [5.41, 5.74) is -1.29. The molecular weight excluding hydrogens is 288 g/mol. The maximum atomic E-state index is 11.9. The predicted molar refractivity (Wildman–Crippen MR) is 80.0 cm³/mol. The molecule has 8 nitrogen and oxygen atoms in total. The van der Waals surface area contributed by atoms with Gasteiger partial charge >= 0.3 is 12.2 Å². The zero-order chi connectivity index (χ0) is 17.0. The lowest BCUT2D eigenvalue weighted by Crippen LogP contribution is -2.47. The van der Waals surface area contributed by atoms with Crippen LogP contribution in [0.3, 0.4) is 0 Å². The highest BCUT2D eigenvalue weighted by Gasteiger charge is 2.24. The Kier molecular flexibility index (Phi) is 5.40. The molecule has 0 saturated carbocycles. The van der Waals surface area contributed by atoms with Crippen LogP contribution in [-0.2, 0) is 9.47 Å². The summed E-state index contributed by atoms with van der Waals surface area (Å²) >= 11 is 0. The van der Waals surface area contributed by atoms with E-state index in [9.17, 15) is 9.59 Å². The molecule has 0 aliphatic rings. The van der Waals surface area contributed by atoms with Crippen molar-refractivity contribution >= 4 is 12.2 Å². The fourth-order valence-electron chi connectivity index (χ4n) is 1.45. The Bertz CT molecular complexity index is 470. The minimum atomic E-state index is -0.868. The summed E-state index contributed by atoms with van der Waals surface area (Å²) in [4.78, 5) is 27.6. The van der Waals surface area contributed by atoms with Gasteiger partial charge in [0.2, 0.25) is 0 Å². The van der Waals surface area contributed by atoms with Crippen LogP contribution < -0.4 is 10.6 Å². The molecule has 0 atom stereocenters. The lowest BCUT2D eigenvalue weighted by molar-refractivity contribution is 0.0380. The van der Waals surface area contributed by atoms with E-state index in [1.165, 1.54) is 17.1 Å². The van der Waals surface area contributed by atoms with Crippen LogP contribution in [0.1, 0.15) is 47.8 Å². The summed E-state index contributed by atoms with van der Waals surface area (Å²) in [6.45, 7) is 10.5. The molecule has 0 radical (unpaired) electrons. The maximum Gasteiger partial charge on any atom is 0.410 e. The number of ether oxygens (including phenoxy) is 2. The molecular formula is C14H24N4O4. The number of alkyl carbamates (subject to hydrolysis) is 2.